The predicted octanol–water partition coefficient (Wildman–Crippen LogP) is 2.29. The summed E-state index contributed by atoms with van der Waals surface area (Å²) < 4.78 is 4.36. The molecule has 1 saturated heterocycles. The van der Waals surface area contributed by atoms with Gasteiger partial charge in [-0.3, -0.25) is 0 Å². The summed E-state index contributed by atoms with van der Waals surface area (Å²) in [6.45, 7) is 6.69. The normalized spacial score (nSPS) is 22.4. The van der Waals surface area contributed by atoms with Gasteiger partial charge in [0.25, 0.3) is 0 Å². The van der Waals surface area contributed by atoms with E-state index in [9.17, 15) is 0 Å². The van der Waals surface area contributed by atoms with Crippen molar-refractivity contribution in [3.05, 3.63) is 5.82 Å². The van der Waals surface area contributed by atoms with E-state index >= 15 is 0 Å². The van der Waals surface area contributed by atoms with Crippen molar-refractivity contribution in [3.8, 4) is 0 Å². The van der Waals surface area contributed by atoms with E-state index in [1.165, 1.54) is 30.9 Å². The average Bonchev–Trinajstić information content (AvgIpc) is 2.78. The highest BCUT2D eigenvalue weighted by molar-refractivity contribution is 7.09. The number of nitrogens with zero attached hydrogens (tertiary/aromatic N) is 2. The molecule has 1 aromatic rings. The van der Waals surface area contributed by atoms with E-state index in [4.69, 9.17) is 0 Å². The lowest BCUT2D eigenvalue weighted by molar-refractivity contribution is 0.347. The van der Waals surface area contributed by atoms with E-state index in [1.54, 1.807) is 0 Å². The lowest BCUT2D eigenvalue weighted by Crippen LogP contribution is -2.38. The Morgan fingerprint density at radius 3 is 3.18 bits per heavy atom. The fraction of sp³-hybridized carbons (Fsp3) is 0.833. The van der Waals surface area contributed by atoms with Crippen molar-refractivity contribution in [1.29, 1.82) is 0 Å². The molecule has 0 aliphatic carbocycles. The lowest BCUT2D eigenvalue weighted by atomic mass is 9.93. The summed E-state index contributed by atoms with van der Waals surface area (Å²) >= 11 is 1.49. The van der Waals surface area contributed by atoms with E-state index < -0.39 is 0 Å². The second-order valence-corrected chi connectivity index (χ2v) is 5.56. The van der Waals surface area contributed by atoms with Gasteiger partial charge >= 0.3 is 0 Å². The molecule has 1 fully saturated rings. The minimum Gasteiger partial charge on any atom is -0.358 e. The van der Waals surface area contributed by atoms with Crippen molar-refractivity contribution in [2.75, 3.05) is 18.4 Å². The van der Waals surface area contributed by atoms with Gasteiger partial charge in [0.05, 0.1) is 0 Å². The van der Waals surface area contributed by atoms with Crippen molar-refractivity contribution < 1.29 is 0 Å². The molecule has 2 atom stereocenters. The molecule has 17 heavy (non-hydrogen) atoms. The molecule has 0 amide bonds. The summed E-state index contributed by atoms with van der Waals surface area (Å²) in [7, 11) is 0. The molecule has 5 heteroatoms. The third-order valence-corrected chi connectivity index (χ3v) is 4.02. The third kappa shape index (κ3) is 3.64. The second kappa shape index (κ2) is 6.31. The summed E-state index contributed by atoms with van der Waals surface area (Å²) in [4.78, 5) is 4.51. The zero-order chi connectivity index (χ0) is 12.1. The van der Waals surface area contributed by atoms with E-state index in [0.717, 1.165) is 30.3 Å². The molecular formula is C12H22N4S. The zero-order valence-electron chi connectivity index (χ0n) is 10.7. The van der Waals surface area contributed by atoms with Gasteiger partial charge in [0, 0.05) is 24.0 Å². The first-order chi connectivity index (χ1) is 8.29. The van der Waals surface area contributed by atoms with E-state index in [2.05, 4.69) is 33.8 Å². The quantitative estimate of drug-likeness (QED) is 0.846. The zero-order valence-corrected chi connectivity index (χ0v) is 11.5. The smallest absolute Gasteiger partial charge is 0.202 e. The molecular weight excluding hydrogens is 232 g/mol. The monoisotopic (exact) mass is 254 g/mol. The van der Waals surface area contributed by atoms with E-state index in [0.29, 0.717) is 12.0 Å². The maximum atomic E-state index is 4.51. The van der Waals surface area contributed by atoms with Crippen molar-refractivity contribution >= 4 is 16.7 Å². The number of nitrogens with one attached hydrogen (secondary N) is 2. The van der Waals surface area contributed by atoms with Crippen LogP contribution in [0.4, 0.5) is 5.13 Å². The number of hydrogen-bond acceptors (Lipinski definition) is 5. The minimum absolute atomic E-state index is 0.477. The van der Waals surface area contributed by atoms with Gasteiger partial charge < -0.3 is 10.6 Å². The van der Waals surface area contributed by atoms with Gasteiger partial charge in [0.1, 0.15) is 5.82 Å². The molecule has 1 aliphatic rings. The minimum atomic E-state index is 0.477. The highest BCUT2D eigenvalue weighted by Crippen LogP contribution is 2.20. The molecule has 1 aromatic heterocycles. The molecule has 2 N–H and O–H groups in total. The van der Waals surface area contributed by atoms with Crippen LogP contribution in [0, 0.1) is 5.92 Å². The molecule has 0 aromatic carbocycles. The van der Waals surface area contributed by atoms with Crippen LogP contribution < -0.4 is 10.6 Å². The Morgan fingerprint density at radius 1 is 1.59 bits per heavy atom. The molecule has 2 unspecified atom stereocenters. The van der Waals surface area contributed by atoms with Crippen LogP contribution in [0.15, 0.2) is 0 Å². The molecule has 2 heterocycles. The molecule has 0 bridgehead atoms. The van der Waals surface area contributed by atoms with Crippen LogP contribution in [0.25, 0.3) is 0 Å². The summed E-state index contributed by atoms with van der Waals surface area (Å²) in [6, 6.07) is 0.477. The standard InChI is InChI=1S/C12H22N4S/c1-3-5-11-15-12(17-16-11)14-9(2)10-6-4-7-13-8-10/h9-10,13H,3-8H2,1-2H3,(H,14,15,16). The van der Waals surface area contributed by atoms with Crippen LogP contribution >= 0.6 is 11.5 Å². The SMILES string of the molecule is CCCc1nsc(NC(C)C2CCCNC2)n1. The summed E-state index contributed by atoms with van der Waals surface area (Å²) in [5.41, 5.74) is 0. The largest absolute Gasteiger partial charge is 0.358 e. The highest BCUT2D eigenvalue weighted by Gasteiger charge is 2.20. The fourth-order valence-electron chi connectivity index (χ4n) is 2.26. The Kier molecular flexibility index (Phi) is 4.74. The van der Waals surface area contributed by atoms with Gasteiger partial charge in [-0.05, 0) is 45.2 Å². The Morgan fingerprint density at radius 2 is 2.47 bits per heavy atom. The van der Waals surface area contributed by atoms with Crippen LogP contribution in [-0.4, -0.2) is 28.5 Å². The van der Waals surface area contributed by atoms with Crippen molar-refractivity contribution in [3.63, 3.8) is 0 Å². The number of anilines is 1. The van der Waals surface area contributed by atoms with Crippen molar-refractivity contribution in [1.82, 2.24) is 14.7 Å². The molecule has 2 rings (SSSR count). The van der Waals surface area contributed by atoms with Gasteiger partial charge in [0.15, 0.2) is 0 Å². The highest BCUT2D eigenvalue weighted by atomic mass is 32.1. The Labute approximate surface area is 107 Å². The topological polar surface area (TPSA) is 49.8 Å². The van der Waals surface area contributed by atoms with Crippen LogP contribution in [0.2, 0.25) is 0 Å². The fourth-order valence-corrected chi connectivity index (χ4v) is 2.96. The number of aromatic nitrogens is 2. The van der Waals surface area contributed by atoms with Gasteiger partial charge in [-0.2, -0.15) is 4.37 Å². The van der Waals surface area contributed by atoms with Gasteiger partial charge in [-0.1, -0.05) is 6.92 Å². The van der Waals surface area contributed by atoms with Crippen LogP contribution in [-0.2, 0) is 6.42 Å². The van der Waals surface area contributed by atoms with Crippen LogP contribution in [0.3, 0.4) is 0 Å². The Bertz CT molecular complexity index is 333. The van der Waals surface area contributed by atoms with Gasteiger partial charge in [-0.25, -0.2) is 4.98 Å². The van der Waals surface area contributed by atoms with Gasteiger partial charge in [-0.15, -0.1) is 0 Å². The molecule has 4 nitrogen and oxygen atoms in total. The predicted molar refractivity (Wildman–Crippen MR) is 72.6 cm³/mol. The molecule has 1 aliphatic heterocycles. The lowest BCUT2D eigenvalue weighted by Gasteiger charge is -2.28. The van der Waals surface area contributed by atoms with Crippen LogP contribution in [0.1, 0.15) is 38.9 Å². The second-order valence-electron chi connectivity index (χ2n) is 4.81. The number of rotatable bonds is 5. The van der Waals surface area contributed by atoms with Crippen LogP contribution in [0.5, 0.6) is 0 Å². The molecule has 0 radical (unpaired) electrons. The van der Waals surface area contributed by atoms with E-state index in [-0.39, 0.29) is 0 Å². The molecule has 0 saturated carbocycles. The third-order valence-electron chi connectivity index (χ3n) is 3.33. The molecule has 0 spiro atoms. The summed E-state index contributed by atoms with van der Waals surface area (Å²) in [5.74, 6) is 1.69. The first-order valence-corrected chi connectivity index (χ1v) is 7.36. The Balaban J connectivity index is 1.85. The maximum Gasteiger partial charge on any atom is 0.202 e. The number of piperidine rings is 1. The first-order valence-electron chi connectivity index (χ1n) is 6.59. The maximum absolute atomic E-state index is 4.51. The van der Waals surface area contributed by atoms with E-state index in [1.807, 2.05) is 0 Å². The van der Waals surface area contributed by atoms with Crippen molar-refractivity contribution in [2.45, 2.75) is 45.6 Å². The summed E-state index contributed by atoms with van der Waals surface area (Å²) in [5, 5.41) is 7.93. The average molecular weight is 254 g/mol. The van der Waals surface area contributed by atoms with Crippen molar-refractivity contribution in [2.24, 2.45) is 5.92 Å². The van der Waals surface area contributed by atoms with Gasteiger partial charge in [0.2, 0.25) is 5.13 Å². The first kappa shape index (κ1) is 12.8. The number of hydrogen-bond donors (Lipinski definition) is 2. The number of aryl methyl sites for hydroxylation is 1. The Hall–Kier alpha value is -0.680. The summed E-state index contributed by atoms with van der Waals surface area (Å²) in [6.07, 6.45) is 4.69. The molecule has 96 valence electrons.